The Hall–Kier alpha value is -4.52. The fourth-order valence-electron chi connectivity index (χ4n) is 2.96. The Morgan fingerprint density at radius 3 is 1.24 bits per heavy atom. The summed E-state index contributed by atoms with van der Waals surface area (Å²) in [6.45, 7) is 3.90. The second-order valence-corrected chi connectivity index (χ2v) is 7.68. The SMILES string of the molecule is C[C@@H](N=Cc1ccccc1[O-])c1ccccn1.C[C@H](N=Cc1ccccc1[O-])c1ccccn1.[Cu+2].[Cu+2].[N-]=C=O.[N-]=C=O. The maximum atomic E-state index is 11.5. The van der Waals surface area contributed by atoms with Crippen molar-refractivity contribution in [3.63, 3.8) is 0 Å². The van der Waals surface area contributed by atoms with Crippen LogP contribution in [0, 0.1) is 0 Å². The molecule has 2 aromatic heterocycles. The van der Waals surface area contributed by atoms with E-state index in [2.05, 4.69) is 20.0 Å². The van der Waals surface area contributed by atoms with Gasteiger partial charge in [0.25, 0.3) is 0 Å². The van der Waals surface area contributed by atoms with E-state index in [4.69, 9.17) is 20.4 Å². The molecule has 4 aromatic rings. The molecule has 0 aliphatic carbocycles. The smallest absolute Gasteiger partial charge is 0.872 e. The van der Waals surface area contributed by atoms with Gasteiger partial charge in [0, 0.05) is 24.8 Å². The van der Waals surface area contributed by atoms with E-state index >= 15 is 0 Å². The molecule has 12 heteroatoms. The fourth-order valence-corrected chi connectivity index (χ4v) is 2.96. The molecule has 2 heterocycles. The van der Waals surface area contributed by atoms with E-state index in [1.165, 1.54) is 12.1 Å². The van der Waals surface area contributed by atoms with Crippen molar-refractivity contribution < 1.29 is 53.9 Å². The van der Waals surface area contributed by atoms with E-state index in [1.807, 2.05) is 62.4 Å². The van der Waals surface area contributed by atoms with Crippen LogP contribution in [0.2, 0.25) is 0 Å². The van der Waals surface area contributed by atoms with Crippen molar-refractivity contribution in [1.82, 2.24) is 9.97 Å². The first-order valence-electron chi connectivity index (χ1n) is 11.8. The van der Waals surface area contributed by atoms with E-state index in [0.717, 1.165) is 11.4 Å². The van der Waals surface area contributed by atoms with Gasteiger partial charge in [-0.3, -0.25) is 29.5 Å². The number of rotatable bonds is 6. The molecule has 0 spiro atoms. The van der Waals surface area contributed by atoms with Crippen LogP contribution < -0.4 is 10.2 Å². The average Bonchev–Trinajstić information content (AvgIpc) is 2.98. The first-order valence-corrected chi connectivity index (χ1v) is 11.8. The molecule has 0 amide bonds. The summed E-state index contributed by atoms with van der Waals surface area (Å²) in [5.41, 5.74) is 3.00. The zero-order chi connectivity index (χ0) is 29.6. The van der Waals surface area contributed by atoms with E-state index in [1.54, 1.807) is 49.1 Å². The Morgan fingerprint density at radius 1 is 0.643 bits per heavy atom. The van der Waals surface area contributed by atoms with Gasteiger partial charge < -0.3 is 21.0 Å². The number of isocyanates is 2. The van der Waals surface area contributed by atoms with Crippen LogP contribution in [-0.2, 0) is 43.7 Å². The number of benzene rings is 2. The second-order valence-electron chi connectivity index (χ2n) is 7.68. The van der Waals surface area contributed by atoms with Gasteiger partial charge in [-0.1, -0.05) is 60.7 Å². The maximum absolute atomic E-state index is 11.5. The molecule has 2 atom stereocenters. The van der Waals surface area contributed by atoms with Crippen molar-refractivity contribution >= 4 is 24.6 Å². The minimum atomic E-state index is -0.0455. The third-order valence-electron chi connectivity index (χ3n) is 4.94. The number of hydrogen-bond acceptors (Lipinski definition) is 8. The molecule has 4 rings (SSSR count). The second kappa shape index (κ2) is 24.3. The van der Waals surface area contributed by atoms with Gasteiger partial charge in [0.05, 0.1) is 23.5 Å². The van der Waals surface area contributed by atoms with Crippen LogP contribution in [0.5, 0.6) is 11.5 Å². The Balaban J connectivity index is 0. The van der Waals surface area contributed by atoms with Crippen molar-refractivity contribution in [2.24, 2.45) is 9.98 Å². The molecule has 2 aromatic carbocycles. The summed E-state index contributed by atoms with van der Waals surface area (Å²) in [4.78, 5) is 33.6. The maximum Gasteiger partial charge on any atom is 2.00 e. The van der Waals surface area contributed by atoms with Crippen LogP contribution in [0.1, 0.15) is 48.4 Å². The molecule has 0 N–H and O–H groups in total. The zero-order valence-electron chi connectivity index (χ0n) is 22.5. The van der Waals surface area contributed by atoms with Crippen LogP contribution in [0.3, 0.4) is 0 Å². The van der Waals surface area contributed by atoms with Gasteiger partial charge in [-0.15, -0.1) is 11.5 Å². The van der Waals surface area contributed by atoms with Gasteiger partial charge in [0.15, 0.2) is 0 Å². The van der Waals surface area contributed by atoms with Crippen molar-refractivity contribution in [3.05, 3.63) is 131 Å². The largest absolute Gasteiger partial charge is 2.00 e. The number of nitrogens with zero attached hydrogens (tertiary/aromatic N) is 6. The number of para-hydroxylation sites is 2. The Bertz CT molecular complexity index is 1300. The van der Waals surface area contributed by atoms with Crippen LogP contribution in [0.4, 0.5) is 0 Å². The van der Waals surface area contributed by atoms with Gasteiger partial charge in [0.2, 0.25) is 0 Å². The van der Waals surface area contributed by atoms with Gasteiger partial charge in [-0.05, 0) is 61.4 Å². The first kappa shape index (κ1) is 39.6. The summed E-state index contributed by atoms with van der Waals surface area (Å²) in [6.07, 6.45) is 7.70. The van der Waals surface area contributed by atoms with E-state index in [0.29, 0.717) is 23.3 Å². The van der Waals surface area contributed by atoms with Gasteiger partial charge in [-0.25, -0.2) is 0 Å². The van der Waals surface area contributed by atoms with Crippen LogP contribution in [0.25, 0.3) is 10.8 Å². The molecular weight excluding hydrogens is 635 g/mol. The number of pyridine rings is 2. The summed E-state index contributed by atoms with van der Waals surface area (Å²) in [5, 5.41) is 36.5. The summed E-state index contributed by atoms with van der Waals surface area (Å²) < 4.78 is 0. The predicted molar refractivity (Wildman–Crippen MR) is 150 cm³/mol. The molecule has 0 bridgehead atoms. The molecule has 10 nitrogen and oxygen atoms in total. The van der Waals surface area contributed by atoms with Crippen LogP contribution >= 0.6 is 0 Å². The summed E-state index contributed by atoms with van der Waals surface area (Å²) in [7, 11) is 0. The van der Waals surface area contributed by atoms with Crippen molar-refractivity contribution in [2.75, 3.05) is 0 Å². The zero-order valence-corrected chi connectivity index (χ0v) is 24.3. The Morgan fingerprint density at radius 2 is 0.952 bits per heavy atom. The third kappa shape index (κ3) is 15.9. The standard InChI is InChI=1S/2C14H14N2O.2CNO.2Cu/c2*1-11(13-7-4-5-9-15-13)16-10-12-6-2-3-8-14(12)17;2*2-1-3;;/h2*2-11,17H,1H3;;;;/q;;2*-1;2*+2/p-2/t2*11-;;;;/m10..../s1. The molecule has 2 radical (unpaired) electrons. The molecule has 0 saturated heterocycles. The molecule has 0 aliphatic rings. The average molecular weight is 662 g/mol. The molecule has 222 valence electrons. The van der Waals surface area contributed by atoms with Crippen molar-refractivity contribution in [2.45, 2.75) is 25.9 Å². The third-order valence-corrected chi connectivity index (χ3v) is 4.94. The number of hydrogen-bond donors (Lipinski definition) is 0. The minimum Gasteiger partial charge on any atom is -0.872 e. The number of aliphatic imine (C=N–C) groups is 2. The number of carbonyl (C=O) groups excluding carboxylic acids is 2. The minimum absolute atomic E-state index is 0. The Labute approximate surface area is 265 Å². The van der Waals surface area contributed by atoms with Crippen molar-refractivity contribution in [1.29, 1.82) is 0 Å². The molecule has 0 saturated carbocycles. The summed E-state index contributed by atoms with van der Waals surface area (Å²) in [6, 6.07) is 25.0. The van der Waals surface area contributed by atoms with E-state index < -0.39 is 0 Å². The van der Waals surface area contributed by atoms with E-state index in [9.17, 15) is 10.2 Å². The monoisotopic (exact) mass is 660 g/mol. The van der Waals surface area contributed by atoms with Crippen LogP contribution in [0.15, 0.2) is 107 Å². The van der Waals surface area contributed by atoms with Crippen LogP contribution in [-0.4, -0.2) is 34.6 Å². The fraction of sp³-hybridized carbons (Fsp3) is 0.133. The molecule has 0 aliphatic heterocycles. The first-order chi connectivity index (χ1) is 19.4. The van der Waals surface area contributed by atoms with E-state index in [-0.39, 0.29) is 57.7 Å². The van der Waals surface area contributed by atoms with Gasteiger partial charge >= 0.3 is 34.1 Å². The summed E-state index contributed by atoms with van der Waals surface area (Å²) in [5.74, 6) is -0.0195. The van der Waals surface area contributed by atoms with Gasteiger partial charge in [-0.2, -0.15) is 0 Å². The molecule has 0 fully saturated rings. The molecule has 0 unspecified atom stereocenters. The quantitative estimate of drug-likeness (QED) is 0.168. The van der Waals surface area contributed by atoms with Gasteiger partial charge in [0.1, 0.15) is 0 Å². The summed E-state index contributed by atoms with van der Waals surface area (Å²) >= 11 is 0. The normalized spacial score (nSPS) is 10.7. The Kier molecular flexibility index (Phi) is 22.9. The molecular formula is C30H26Cu2N6O4. The molecule has 42 heavy (non-hydrogen) atoms. The topological polar surface area (TPSA) is 175 Å². The number of aromatic nitrogens is 2. The van der Waals surface area contributed by atoms with Crippen molar-refractivity contribution in [3.8, 4) is 11.5 Å². The predicted octanol–water partition coefficient (Wildman–Crippen LogP) is 4.45.